The summed E-state index contributed by atoms with van der Waals surface area (Å²) in [5.41, 5.74) is 2.21. The van der Waals surface area contributed by atoms with Crippen molar-refractivity contribution in [3.05, 3.63) is 65.7 Å². The van der Waals surface area contributed by atoms with Gasteiger partial charge in [-0.15, -0.1) is 0 Å². The molecule has 1 amide bonds. The largest absolute Gasteiger partial charge is 0.322 e. The lowest BCUT2D eigenvalue weighted by atomic mass is 9.90. The third-order valence-electron chi connectivity index (χ3n) is 3.69. The highest BCUT2D eigenvalue weighted by atomic mass is 16.1. The number of nitrogens with one attached hydrogen (secondary N) is 1. The summed E-state index contributed by atoms with van der Waals surface area (Å²) in [6.45, 7) is 3.66. The van der Waals surface area contributed by atoms with Crippen LogP contribution in [0.3, 0.4) is 0 Å². The second-order valence-corrected chi connectivity index (χ2v) is 5.36. The molecule has 0 aliphatic carbocycles. The van der Waals surface area contributed by atoms with Gasteiger partial charge in [-0.3, -0.25) is 9.59 Å². The quantitative estimate of drug-likeness (QED) is 0.858. The molecule has 0 radical (unpaired) electrons. The molecule has 2 aromatic carbocycles. The summed E-state index contributed by atoms with van der Waals surface area (Å²) < 4.78 is 0. The van der Waals surface area contributed by atoms with E-state index in [0.717, 1.165) is 18.4 Å². The summed E-state index contributed by atoms with van der Waals surface area (Å²) in [5.74, 6) is -0.201. The molecule has 0 saturated heterocycles. The predicted octanol–water partition coefficient (Wildman–Crippen LogP) is 4.41. The Hall–Kier alpha value is -2.42. The number of carbonyl (C=O) groups excluding carboxylic acids is 2. The zero-order valence-electron chi connectivity index (χ0n) is 13.0. The number of hydrogen-bond donors (Lipinski definition) is 1. The van der Waals surface area contributed by atoms with Gasteiger partial charge in [-0.05, 0) is 37.1 Å². The van der Waals surface area contributed by atoms with Crippen molar-refractivity contribution in [3.8, 4) is 0 Å². The molecule has 3 nitrogen and oxygen atoms in total. The molecule has 0 heterocycles. The number of para-hydroxylation sites is 1. The molecule has 0 spiro atoms. The van der Waals surface area contributed by atoms with E-state index < -0.39 is 0 Å². The van der Waals surface area contributed by atoms with Crippen molar-refractivity contribution in [2.45, 2.75) is 32.6 Å². The molecular weight excluding hydrogens is 274 g/mol. The number of anilines is 1. The van der Waals surface area contributed by atoms with Gasteiger partial charge < -0.3 is 5.32 Å². The molecule has 0 bridgehead atoms. The Labute approximate surface area is 131 Å². The molecule has 22 heavy (non-hydrogen) atoms. The lowest BCUT2D eigenvalue weighted by Gasteiger charge is -2.18. The number of hydrogen-bond acceptors (Lipinski definition) is 2. The van der Waals surface area contributed by atoms with Crippen molar-refractivity contribution in [2.24, 2.45) is 0 Å². The average molecular weight is 295 g/mol. The van der Waals surface area contributed by atoms with Gasteiger partial charge in [-0.1, -0.05) is 49.7 Å². The Morgan fingerprint density at radius 2 is 1.64 bits per heavy atom. The predicted molar refractivity (Wildman–Crippen MR) is 89.2 cm³/mol. The van der Waals surface area contributed by atoms with Crippen LogP contribution in [0.2, 0.25) is 0 Å². The minimum atomic E-state index is -0.169. The maximum absolute atomic E-state index is 12.3. The minimum Gasteiger partial charge on any atom is -0.322 e. The summed E-state index contributed by atoms with van der Waals surface area (Å²) in [5, 5.41) is 2.93. The zero-order valence-corrected chi connectivity index (χ0v) is 13.0. The molecular formula is C19H21NO2. The summed E-state index contributed by atoms with van der Waals surface area (Å²) in [7, 11) is 0. The molecule has 0 aromatic heterocycles. The number of Topliss-reactive ketones (excluding diaryl/α,β-unsaturated/α-hetero) is 1. The van der Waals surface area contributed by atoms with Crippen LogP contribution >= 0.6 is 0 Å². The molecule has 114 valence electrons. The first-order chi connectivity index (χ1) is 10.6. The highest BCUT2D eigenvalue weighted by molar-refractivity contribution is 6.05. The molecule has 0 saturated carbocycles. The van der Waals surface area contributed by atoms with Crippen molar-refractivity contribution in [2.75, 3.05) is 5.32 Å². The number of benzene rings is 2. The van der Waals surface area contributed by atoms with Crippen LogP contribution in [-0.4, -0.2) is 11.7 Å². The van der Waals surface area contributed by atoms with Crippen LogP contribution in [0, 0.1) is 0 Å². The van der Waals surface area contributed by atoms with Crippen molar-refractivity contribution in [1.29, 1.82) is 0 Å². The fraction of sp³-hybridized carbons (Fsp3) is 0.263. The van der Waals surface area contributed by atoms with E-state index in [0.29, 0.717) is 11.3 Å². The van der Waals surface area contributed by atoms with Gasteiger partial charge in [-0.2, -0.15) is 0 Å². The van der Waals surface area contributed by atoms with Gasteiger partial charge in [0, 0.05) is 17.2 Å². The van der Waals surface area contributed by atoms with E-state index in [4.69, 9.17) is 0 Å². The van der Waals surface area contributed by atoms with Crippen LogP contribution in [-0.2, 0) is 4.79 Å². The van der Waals surface area contributed by atoms with Crippen molar-refractivity contribution in [3.63, 3.8) is 0 Å². The maximum atomic E-state index is 12.3. The first-order valence-corrected chi connectivity index (χ1v) is 7.59. The van der Waals surface area contributed by atoms with Gasteiger partial charge in [0.05, 0.1) is 0 Å². The highest BCUT2D eigenvalue weighted by Crippen LogP contribution is 2.29. The van der Waals surface area contributed by atoms with Crippen molar-refractivity contribution < 1.29 is 9.59 Å². The first kappa shape index (κ1) is 16.0. The van der Waals surface area contributed by atoms with Crippen LogP contribution in [0.4, 0.5) is 5.69 Å². The van der Waals surface area contributed by atoms with Gasteiger partial charge in [-0.25, -0.2) is 0 Å². The zero-order chi connectivity index (χ0) is 15.9. The van der Waals surface area contributed by atoms with E-state index in [9.17, 15) is 9.59 Å². The molecule has 0 aliphatic rings. The number of rotatable bonds is 6. The number of carbonyl (C=O) groups is 2. The van der Waals surface area contributed by atoms with Gasteiger partial charge in [0.25, 0.3) is 5.91 Å². The molecule has 3 heteroatoms. The lowest BCUT2D eigenvalue weighted by Crippen LogP contribution is -2.16. The van der Waals surface area contributed by atoms with E-state index in [1.54, 1.807) is 19.1 Å². The van der Waals surface area contributed by atoms with E-state index in [-0.39, 0.29) is 17.6 Å². The molecule has 1 atom stereocenters. The molecule has 1 N–H and O–H groups in total. The van der Waals surface area contributed by atoms with E-state index in [1.807, 2.05) is 42.5 Å². The molecule has 1 unspecified atom stereocenters. The van der Waals surface area contributed by atoms with Crippen LogP contribution < -0.4 is 5.32 Å². The molecule has 2 aromatic rings. The van der Waals surface area contributed by atoms with Crippen molar-refractivity contribution in [1.82, 2.24) is 0 Å². The Kier molecular flexibility index (Phi) is 5.48. The number of ketones is 1. The highest BCUT2D eigenvalue weighted by Gasteiger charge is 2.19. The Morgan fingerprint density at radius 1 is 1.00 bits per heavy atom. The van der Waals surface area contributed by atoms with Crippen molar-refractivity contribution >= 4 is 17.4 Å². The Bertz CT molecular complexity index is 649. The standard InChI is InChI=1S/C19H21NO2/c1-3-9-16(14(2)21)17-12-7-8-13-18(17)20-19(22)15-10-5-4-6-11-15/h4-8,10-13,16H,3,9H2,1-2H3,(H,20,22). The summed E-state index contributed by atoms with van der Waals surface area (Å²) in [6.07, 6.45) is 1.71. The van der Waals surface area contributed by atoms with Crippen LogP contribution in [0.5, 0.6) is 0 Å². The van der Waals surface area contributed by atoms with Gasteiger partial charge in [0.15, 0.2) is 0 Å². The molecule has 0 aliphatic heterocycles. The minimum absolute atomic E-state index is 0.128. The summed E-state index contributed by atoms with van der Waals surface area (Å²) in [4.78, 5) is 24.3. The van der Waals surface area contributed by atoms with E-state index >= 15 is 0 Å². The Morgan fingerprint density at radius 3 is 2.27 bits per heavy atom. The average Bonchev–Trinajstić information content (AvgIpc) is 2.54. The maximum Gasteiger partial charge on any atom is 0.255 e. The van der Waals surface area contributed by atoms with Gasteiger partial charge in [0.1, 0.15) is 5.78 Å². The monoisotopic (exact) mass is 295 g/mol. The van der Waals surface area contributed by atoms with Crippen LogP contribution in [0.15, 0.2) is 54.6 Å². The normalized spacial score (nSPS) is 11.7. The van der Waals surface area contributed by atoms with E-state index in [1.165, 1.54) is 0 Å². The first-order valence-electron chi connectivity index (χ1n) is 7.59. The smallest absolute Gasteiger partial charge is 0.255 e. The van der Waals surface area contributed by atoms with Crippen LogP contribution in [0.25, 0.3) is 0 Å². The van der Waals surface area contributed by atoms with Gasteiger partial charge in [0.2, 0.25) is 0 Å². The second kappa shape index (κ2) is 7.55. The topological polar surface area (TPSA) is 46.2 Å². The third-order valence-corrected chi connectivity index (χ3v) is 3.69. The van der Waals surface area contributed by atoms with Crippen LogP contribution in [0.1, 0.15) is 48.5 Å². The molecule has 2 rings (SSSR count). The fourth-order valence-corrected chi connectivity index (χ4v) is 2.57. The third kappa shape index (κ3) is 3.82. The second-order valence-electron chi connectivity index (χ2n) is 5.36. The lowest BCUT2D eigenvalue weighted by molar-refractivity contribution is -0.118. The fourth-order valence-electron chi connectivity index (χ4n) is 2.57. The van der Waals surface area contributed by atoms with Gasteiger partial charge >= 0.3 is 0 Å². The number of amides is 1. The van der Waals surface area contributed by atoms with E-state index in [2.05, 4.69) is 12.2 Å². The summed E-state index contributed by atoms with van der Waals surface area (Å²) in [6, 6.07) is 16.6. The SMILES string of the molecule is CCCC(C(C)=O)c1ccccc1NC(=O)c1ccccc1. The summed E-state index contributed by atoms with van der Waals surface area (Å²) >= 11 is 0. The Balaban J connectivity index is 2.28. The molecule has 0 fully saturated rings.